The van der Waals surface area contributed by atoms with E-state index in [1.165, 1.54) is 28.9 Å². The molecule has 0 bridgehead atoms. The highest BCUT2D eigenvalue weighted by molar-refractivity contribution is 7.99. The zero-order valence-electron chi connectivity index (χ0n) is 11.8. The number of benzene rings is 1. The fourth-order valence-electron chi connectivity index (χ4n) is 2.32. The lowest BCUT2D eigenvalue weighted by atomic mass is 10.2. The van der Waals surface area contributed by atoms with Crippen LogP contribution in [0.5, 0.6) is 5.75 Å². The maximum Gasteiger partial charge on any atom is 0.403 e. The first-order valence-corrected chi connectivity index (χ1v) is 7.76. The molecule has 1 N–H and O–H groups in total. The van der Waals surface area contributed by atoms with E-state index in [-0.39, 0.29) is 10.9 Å². The van der Waals surface area contributed by atoms with Crippen molar-refractivity contribution in [1.29, 1.82) is 0 Å². The molecule has 0 spiro atoms. The number of tetrazole rings is 1. The van der Waals surface area contributed by atoms with Crippen molar-refractivity contribution < 1.29 is 23.0 Å². The number of phenolic OH excluding ortho intramolecular Hbond substituents is 1. The lowest BCUT2D eigenvalue weighted by Gasteiger charge is -2.24. The summed E-state index contributed by atoms with van der Waals surface area (Å²) in [4.78, 5) is 0. The SMILES string of the molecule is Oc1ccc(-n2nnnc2S[C@H]([C@@H]2CCCO2)C(F)(F)F)cc1. The summed E-state index contributed by atoms with van der Waals surface area (Å²) in [5.41, 5.74) is 0.462. The van der Waals surface area contributed by atoms with Gasteiger partial charge in [0.1, 0.15) is 11.0 Å². The second kappa shape index (κ2) is 6.36. The van der Waals surface area contributed by atoms with Gasteiger partial charge in [-0.3, -0.25) is 0 Å². The van der Waals surface area contributed by atoms with E-state index in [4.69, 9.17) is 4.74 Å². The molecule has 2 aromatic rings. The lowest BCUT2D eigenvalue weighted by molar-refractivity contribution is -0.148. The predicted molar refractivity (Wildman–Crippen MR) is 75.5 cm³/mol. The van der Waals surface area contributed by atoms with E-state index in [0.29, 0.717) is 36.9 Å². The number of aromatic hydroxyl groups is 1. The van der Waals surface area contributed by atoms with Gasteiger partial charge in [-0.15, -0.1) is 5.10 Å². The van der Waals surface area contributed by atoms with Gasteiger partial charge in [0, 0.05) is 6.61 Å². The summed E-state index contributed by atoms with van der Waals surface area (Å²) < 4.78 is 46.4. The number of nitrogens with zero attached hydrogens (tertiary/aromatic N) is 4. The lowest BCUT2D eigenvalue weighted by Crippen LogP contribution is -2.37. The molecule has 1 aromatic carbocycles. The minimum atomic E-state index is -4.43. The minimum Gasteiger partial charge on any atom is -0.508 e. The monoisotopic (exact) mass is 346 g/mol. The highest BCUT2D eigenvalue weighted by atomic mass is 32.2. The Morgan fingerprint density at radius 2 is 2.04 bits per heavy atom. The van der Waals surface area contributed by atoms with Crippen LogP contribution in [0, 0.1) is 0 Å². The average Bonchev–Trinajstić information content (AvgIpc) is 3.16. The fraction of sp³-hybridized carbons (Fsp3) is 0.462. The average molecular weight is 346 g/mol. The quantitative estimate of drug-likeness (QED) is 0.858. The summed E-state index contributed by atoms with van der Waals surface area (Å²) >= 11 is 0.540. The molecule has 0 aliphatic carbocycles. The largest absolute Gasteiger partial charge is 0.508 e. The standard InChI is InChI=1S/C13H13F3N4O2S/c14-13(15,16)11(10-2-1-7-22-10)23-12-17-18-19-20(12)8-3-5-9(21)6-4-8/h3-6,10-11,21H,1-2,7H2/t10-,11+/m0/s1. The Balaban J connectivity index is 1.86. The molecule has 2 heterocycles. The third kappa shape index (κ3) is 3.58. The Labute approximate surface area is 133 Å². The van der Waals surface area contributed by atoms with Crippen LogP contribution in [0.25, 0.3) is 5.69 Å². The third-order valence-corrected chi connectivity index (χ3v) is 4.68. The fourth-order valence-corrected chi connectivity index (χ4v) is 3.37. The second-order valence-corrected chi connectivity index (χ2v) is 6.13. The van der Waals surface area contributed by atoms with Gasteiger partial charge in [0.25, 0.3) is 0 Å². The van der Waals surface area contributed by atoms with Crippen LogP contribution in [-0.4, -0.2) is 49.5 Å². The van der Waals surface area contributed by atoms with Gasteiger partial charge in [-0.1, -0.05) is 11.8 Å². The van der Waals surface area contributed by atoms with Crippen LogP contribution in [0.4, 0.5) is 13.2 Å². The van der Waals surface area contributed by atoms with Crippen molar-refractivity contribution in [3.8, 4) is 11.4 Å². The Morgan fingerprint density at radius 1 is 1.30 bits per heavy atom. The van der Waals surface area contributed by atoms with Crippen LogP contribution in [0.1, 0.15) is 12.8 Å². The zero-order valence-corrected chi connectivity index (χ0v) is 12.6. The molecule has 1 aromatic heterocycles. The maximum atomic E-state index is 13.3. The van der Waals surface area contributed by atoms with Crippen LogP contribution in [0.15, 0.2) is 29.4 Å². The summed E-state index contributed by atoms with van der Waals surface area (Å²) in [6, 6.07) is 5.86. The topological polar surface area (TPSA) is 73.1 Å². The van der Waals surface area contributed by atoms with Crippen molar-refractivity contribution >= 4 is 11.8 Å². The van der Waals surface area contributed by atoms with E-state index in [2.05, 4.69) is 15.5 Å². The molecular weight excluding hydrogens is 333 g/mol. The first-order valence-electron chi connectivity index (χ1n) is 6.88. The van der Waals surface area contributed by atoms with Gasteiger partial charge in [-0.2, -0.15) is 17.9 Å². The molecule has 0 saturated carbocycles. The van der Waals surface area contributed by atoms with E-state index < -0.39 is 17.5 Å². The van der Waals surface area contributed by atoms with Gasteiger partial charge in [0.15, 0.2) is 0 Å². The first-order chi connectivity index (χ1) is 10.9. The Hall–Kier alpha value is -1.81. The van der Waals surface area contributed by atoms with E-state index in [0.717, 1.165) is 0 Å². The molecule has 0 amide bonds. The number of hydrogen-bond donors (Lipinski definition) is 1. The van der Waals surface area contributed by atoms with Gasteiger partial charge in [0.05, 0.1) is 11.8 Å². The van der Waals surface area contributed by atoms with Crippen molar-refractivity contribution in [3.63, 3.8) is 0 Å². The molecule has 1 saturated heterocycles. The van der Waals surface area contributed by atoms with Crippen molar-refractivity contribution in [2.45, 2.75) is 35.5 Å². The Kier molecular flexibility index (Phi) is 4.44. The van der Waals surface area contributed by atoms with Crippen LogP contribution in [-0.2, 0) is 4.74 Å². The van der Waals surface area contributed by atoms with E-state index in [1.807, 2.05) is 0 Å². The predicted octanol–water partition coefficient (Wildman–Crippen LogP) is 2.57. The summed E-state index contributed by atoms with van der Waals surface area (Å²) in [6.07, 6.45) is -4.35. The molecular formula is C13H13F3N4O2S. The van der Waals surface area contributed by atoms with E-state index >= 15 is 0 Å². The van der Waals surface area contributed by atoms with Gasteiger partial charge < -0.3 is 9.84 Å². The molecule has 2 atom stereocenters. The number of ether oxygens (including phenoxy) is 1. The zero-order chi connectivity index (χ0) is 16.4. The molecule has 1 aliphatic rings. The van der Waals surface area contributed by atoms with Crippen molar-refractivity contribution in [3.05, 3.63) is 24.3 Å². The molecule has 124 valence electrons. The highest BCUT2D eigenvalue weighted by Crippen LogP contribution is 2.40. The van der Waals surface area contributed by atoms with Crippen LogP contribution < -0.4 is 0 Å². The summed E-state index contributed by atoms with van der Waals surface area (Å²) in [5.74, 6) is 0.0450. The molecule has 3 rings (SSSR count). The molecule has 1 aliphatic heterocycles. The van der Waals surface area contributed by atoms with Crippen LogP contribution in [0.3, 0.4) is 0 Å². The summed E-state index contributed by atoms with van der Waals surface area (Å²) in [6.45, 7) is 0.334. The molecule has 23 heavy (non-hydrogen) atoms. The van der Waals surface area contributed by atoms with E-state index in [1.54, 1.807) is 0 Å². The van der Waals surface area contributed by atoms with Crippen molar-refractivity contribution in [2.24, 2.45) is 0 Å². The molecule has 0 unspecified atom stereocenters. The maximum absolute atomic E-state index is 13.3. The number of halogens is 3. The van der Waals surface area contributed by atoms with E-state index in [9.17, 15) is 18.3 Å². The Bertz CT molecular complexity index is 656. The number of aromatic nitrogens is 4. The highest BCUT2D eigenvalue weighted by Gasteiger charge is 2.48. The van der Waals surface area contributed by atoms with Crippen LogP contribution in [0.2, 0.25) is 0 Å². The molecule has 1 fully saturated rings. The number of alkyl halides is 3. The second-order valence-electron chi connectivity index (χ2n) is 5.02. The first kappa shape index (κ1) is 16.1. The number of phenols is 1. The number of thioether (sulfide) groups is 1. The molecule has 6 nitrogen and oxygen atoms in total. The van der Waals surface area contributed by atoms with Gasteiger partial charge in [-0.25, -0.2) is 0 Å². The normalized spacial score (nSPS) is 19.9. The third-order valence-electron chi connectivity index (χ3n) is 3.39. The van der Waals surface area contributed by atoms with Crippen molar-refractivity contribution in [1.82, 2.24) is 20.2 Å². The van der Waals surface area contributed by atoms with Gasteiger partial charge >= 0.3 is 6.18 Å². The Morgan fingerprint density at radius 3 is 2.65 bits per heavy atom. The van der Waals surface area contributed by atoms with Crippen LogP contribution >= 0.6 is 11.8 Å². The summed E-state index contributed by atoms with van der Waals surface area (Å²) in [7, 11) is 0. The number of rotatable bonds is 4. The molecule has 0 radical (unpaired) electrons. The van der Waals surface area contributed by atoms with Crippen molar-refractivity contribution in [2.75, 3.05) is 6.61 Å². The summed E-state index contributed by atoms with van der Waals surface area (Å²) in [5, 5.41) is 18.4. The molecule has 10 heteroatoms. The smallest absolute Gasteiger partial charge is 0.403 e. The number of hydrogen-bond acceptors (Lipinski definition) is 6. The minimum absolute atomic E-state index is 0.0218. The van der Waals surface area contributed by atoms with Gasteiger partial charge in [-0.05, 0) is 47.5 Å². The van der Waals surface area contributed by atoms with Gasteiger partial charge in [0.2, 0.25) is 5.16 Å².